The second kappa shape index (κ2) is 9.36. The fourth-order valence-corrected chi connectivity index (χ4v) is 3.44. The van der Waals surface area contributed by atoms with E-state index in [0.717, 1.165) is 51.4 Å². The van der Waals surface area contributed by atoms with Gasteiger partial charge in [0.25, 0.3) is 0 Å². The summed E-state index contributed by atoms with van der Waals surface area (Å²) in [4.78, 5) is 9.68. The first-order valence-corrected chi connectivity index (χ1v) is 9.02. The Labute approximate surface area is 136 Å². The zero-order chi connectivity index (χ0) is 15.8. The number of nitrogens with one attached hydrogen (secondary N) is 1. The smallest absolute Gasteiger partial charge is 0.193 e. The van der Waals surface area contributed by atoms with E-state index in [-0.39, 0.29) is 0 Å². The Morgan fingerprint density at radius 1 is 1.36 bits per heavy atom. The van der Waals surface area contributed by atoms with Crippen molar-refractivity contribution < 1.29 is 4.74 Å². The van der Waals surface area contributed by atoms with Gasteiger partial charge in [-0.2, -0.15) is 0 Å². The zero-order valence-corrected chi connectivity index (χ0v) is 14.7. The molecule has 5 heteroatoms. The Morgan fingerprint density at radius 2 is 2.23 bits per heavy atom. The lowest BCUT2D eigenvalue weighted by molar-refractivity contribution is 0.165. The van der Waals surface area contributed by atoms with E-state index in [2.05, 4.69) is 36.0 Å². The van der Waals surface area contributed by atoms with E-state index in [0.29, 0.717) is 5.92 Å². The largest absolute Gasteiger partial charge is 0.381 e. The highest BCUT2D eigenvalue weighted by Crippen LogP contribution is 2.16. The Kier molecular flexibility index (Phi) is 7.46. The number of ether oxygens (including phenoxy) is 1. The van der Waals surface area contributed by atoms with Crippen molar-refractivity contribution in [2.75, 3.05) is 53.0 Å². The standard InChI is InChI=1S/C17H34N4O/c1-4-18-17(20(3)13-16-8-12-22-14-16)19-9-11-21-10-6-5-7-15(21)2/h15-16H,4-14H2,1-3H3,(H,18,19). The van der Waals surface area contributed by atoms with Crippen LogP contribution in [0.5, 0.6) is 0 Å². The molecule has 5 nitrogen and oxygen atoms in total. The van der Waals surface area contributed by atoms with Crippen molar-refractivity contribution in [1.82, 2.24) is 15.1 Å². The first-order valence-electron chi connectivity index (χ1n) is 9.02. The minimum Gasteiger partial charge on any atom is -0.381 e. The van der Waals surface area contributed by atoms with Crippen LogP contribution in [0.3, 0.4) is 0 Å². The quantitative estimate of drug-likeness (QED) is 0.600. The van der Waals surface area contributed by atoms with Crippen molar-refractivity contribution in [3.8, 4) is 0 Å². The fraction of sp³-hybridized carbons (Fsp3) is 0.941. The molecular formula is C17H34N4O. The highest BCUT2D eigenvalue weighted by Gasteiger charge is 2.20. The average molecular weight is 310 g/mol. The van der Waals surface area contributed by atoms with Gasteiger partial charge in [0.05, 0.1) is 13.2 Å². The monoisotopic (exact) mass is 310 g/mol. The fourth-order valence-electron chi connectivity index (χ4n) is 3.44. The molecule has 0 bridgehead atoms. The molecule has 0 aromatic carbocycles. The van der Waals surface area contributed by atoms with Crippen LogP contribution in [-0.4, -0.2) is 74.8 Å². The summed E-state index contributed by atoms with van der Waals surface area (Å²) in [6.45, 7) is 11.5. The molecule has 0 aromatic heterocycles. The minimum atomic E-state index is 0.649. The number of rotatable bonds is 6. The highest BCUT2D eigenvalue weighted by molar-refractivity contribution is 5.79. The predicted octanol–water partition coefficient (Wildman–Crippen LogP) is 1.79. The van der Waals surface area contributed by atoms with Crippen molar-refractivity contribution >= 4 is 5.96 Å². The third kappa shape index (κ3) is 5.43. The van der Waals surface area contributed by atoms with Crippen LogP contribution in [0.2, 0.25) is 0 Å². The molecule has 0 radical (unpaired) electrons. The summed E-state index contributed by atoms with van der Waals surface area (Å²) < 4.78 is 5.48. The van der Waals surface area contributed by atoms with Gasteiger partial charge < -0.3 is 15.0 Å². The van der Waals surface area contributed by atoms with Gasteiger partial charge >= 0.3 is 0 Å². The van der Waals surface area contributed by atoms with Crippen LogP contribution in [0.25, 0.3) is 0 Å². The van der Waals surface area contributed by atoms with Crippen molar-refractivity contribution in [2.24, 2.45) is 10.9 Å². The number of likely N-dealkylation sites (tertiary alicyclic amines) is 1. The number of aliphatic imine (C=N–C) groups is 1. The maximum Gasteiger partial charge on any atom is 0.193 e. The maximum atomic E-state index is 5.48. The number of guanidine groups is 1. The van der Waals surface area contributed by atoms with Crippen LogP contribution in [0, 0.1) is 5.92 Å². The van der Waals surface area contributed by atoms with E-state index in [1.807, 2.05) is 0 Å². The van der Waals surface area contributed by atoms with Crippen LogP contribution < -0.4 is 5.32 Å². The second-order valence-electron chi connectivity index (χ2n) is 6.73. The molecule has 2 unspecified atom stereocenters. The lowest BCUT2D eigenvalue weighted by Crippen LogP contribution is -2.43. The van der Waals surface area contributed by atoms with E-state index in [9.17, 15) is 0 Å². The Morgan fingerprint density at radius 3 is 2.91 bits per heavy atom. The summed E-state index contributed by atoms with van der Waals surface area (Å²) in [6.07, 6.45) is 5.24. The molecule has 2 heterocycles. The molecule has 0 amide bonds. The first kappa shape index (κ1) is 17.5. The molecule has 22 heavy (non-hydrogen) atoms. The second-order valence-corrected chi connectivity index (χ2v) is 6.73. The molecular weight excluding hydrogens is 276 g/mol. The third-order valence-corrected chi connectivity index (χ3v) is 4.84. The summed E-state index contributed by atoms with van der Waals surface area (Å²) in [5, 5.41) is 3.42. The van der Waals surface area contributed by atoms with Gasteiger partial charge in [0.2, 0.25) is 0 Å². The van der Waals surface area contributed by atoms with Crippen LogP contribution in [0.15, 0.2) is 4.99 Å². The van der Waals surface area contributed by atoms with Gasteiger partial charge in [0.15, 0.2) is 5.96 Å². The summed E-state index contributed by atoms with van der Waals surface area (Å²) >= 11 is 0. The average Bonchev–Trinajstić information content (AvgIpc) is 3.01. The van der Waals surface area contributed by atoms with Crippen LogP contribution in [-0.2, 0) is 4.74 Å². The van der Waals surface area contributed by atoms with Crippen molar-refractivity contribution in [3.63, 3.8) is 0 Å². The van der Waals surface area contributed by atoms with Crippen LogP contribution in [0.1, 0.15) is 39.5 Å². The van der Waals surface area contributed by atoms with E-state index in [4.69, 9.17) is 9.73 Å². The molecule has 0 spiro atoms. The molecule has 1 N–H and O–H groups in total. The maximum absolute atomic E-state index is 5.48. The number of hydrogen-bond acceptors (Lipinski definition) is 3. The van der Waals surface area contributed by atoms with Crippen LogP contribution in [0.4, 0.5) is 0 Å². The van der Waals surface area contributed by atoms with Crippen molar-refractivity contribution in [1.29, 1.82) is 0 Å². The highest BCUT2D eigenvalue weighted by atomic mass is 16.5. The molecule has 0 aromatic rings. The number of piperidine rings is 1. The SMILES string of the molecule is CCNC(=NCCN1CCCCC1C)N(C)CC1CCOC1. The van der Waals surface area contributed by atoms with E-state index in [1.54, 1.807) is 0 Å². The minimum absolute atomic E-state index is 0.649. The summed E-state index contributed by atoms with van der Waals surface area (Å²) in [5.41, 5.74) is 0. The van der Waals surface area contributed by atoms with Gasteiger partial charge in [0, 0.05) is 45.2 Å². The molecule has 2 aliphatic heterocycles. The van der Waals surface area contributed by atoms with Gasteiger partial charge in [-0.15, -0.1) is 0 Å². The summed E-state index contributed by atoms with van der Waals surface area (Å²) in [5.74, 6) is 1.69. The molecule has 2 rings (SSSR count). The lowest BCUT2D eigenvalue weighted by atomic mass is 10.0. The molecule has 2 atom stereocenters. The normalized spacial score (nSPS) is 27.1. The van der Waals surface area contributed by atoms with Gasteiger partial charge in [-0.3, -0.25) is 9.89 Å². The molecule has 2 aliphatic rings. The Balaban J connectivity index is 1.80. The predicted molar refractivity (Wildman–Crippen MR) is 92.4 cm³/mol. The van der Waals surface area contributed by atoms with Crippen molar-refractivity contribution in [3.05, 3.63) is 0 Å². The third-order valence-electron chi connectivity index (χ3n) is 4.84. The zero-order valence-electron chi connectivity index (χ0n) is 14.7. The van der Waals surface area contributed by atoms with E-state index >= 15 is 0 Å². The number of hydrogen-bond donors (Lipinski definition) is 1. The molecule has 0 aliphatic carbocycles. The van der Waals surface area contributed by atoms with Crippen LogP contribution >= 0.6 is 0 Å². The van der Waals surface area contributed by atoms with E-state index in [1.165, 1.54) is 32.2 Å². The molecule has 2 saturated heterocycles. The van der Waals surface area contributed by atoms with Gasteiger partial charge in [-0.1, -0.05) is 6.42 Å². The Bertz CT molecular complexity index is 342. The molecule has 128 valence electrons. The molecule has 0 saturated carbocycles. The summed E-state index contributed by atoms with van der Waals surface area (Å²) in [7, 11) is 2.14. The first-order chi connectivity index (χ1) is 10.7. The van der Waals surface area contributed by atoms with Gasteiger partial charge in [0.1, 0.15) is 0 Å². The van der Waals surface area contributed by atoms with Gasteiger partial charge in [-0.25, -0.2) is 0 Å². The Hall–Kier alpha value is -0.810. The lowest BCUT2D eigenvalue weighted by Gasteiger charge is -2.33. The molecule has 2 fully saturated rings. The van der Waals surface area contributed by atoms with E-state index < -0.39 is 0 Å². The summed E-state index contributed by atoms with van der Waals surface area (Å²) in [6, 6.07) is 0.722. The van der Waals surface area contributed by atoms with Crippen molar-refractivity contribution in [2.45, 2.75) is 45.6 Å². The van der Waals surface area contributed by atoms with Gasteiger partial charge in [-0.05, 0) is 39.7 Å². The number of nitrogens with zero attached hydrogens (tertiary/aromatic N) is 3. The topological polar surface area (TPSA) is 40.1 Å².